The summed E-state index contributed by atoms with van der Waals surface area (Å²) in [6.45, 7) is 1.89. The Labute approximate surface area is 172 Å². The van der Waals surface area contributed by atoms with Gasteiger partial charge in [0.05, 0.1) is 18.8 Å². The van der Waals surface area contributed by atoms with Crippen LogP contribution >= 0.6 is 11.6 Å². The maximum absolute atomic E-state index is 12.5. The topological polar surface area (TPSA) is 79.9 Å². The van der Waals surface area contributed by atoms with Gasteiger partial charge in [0.15, 0.2) is 0 Å². The molecule has 0 spiro atoms. The van der Waals surface area contributed by atoms with Gasteiger partial charge in [-0.25, -0.2) is 9.97 Å². The van der Waals surface area contributed by atoms with Crippen LogP contribution in [0.3, 0.4) is 0 Å². The Bertz CT molecular complexity index is 1240. The fraction of sp³-hybridized carbons (Fsp3) is 0.136. The lowest BCUT2D eigenvalue weighted by Crippen LogP contribution is -2.20. The Hall–Kier alpha value is -3.38. The molecule has 0 saturated carbocycles. The zero-order valence-electron chi connectivity index (χ0n) is 15.9. The molecule has 29 heavy (non-hydrogen) atoms. The number of para-hydroxylation sites is 1. The normalized spacial score (nSPS) is 12.0. The minimum atomic E-state index is -0.310. The summed E-state index contributed by atoms with van der Waals surface area (Å²) in [4.78, 5) is 24.3. The first-order valence-electron chi connectivity index (χ1n) is 9.10. The van der Waals surface area contributed by atoms with Crippen LogP contribution in [-0.2, 0) is 0 Å². The summed E-state index contributed by atoms with van der Waals surface area (Å²) in [5.74, 6) is 1.15. The molecule has 2 heterocycles. The number of fused-ring (bicyclic) bond motifs is 1. The average Bonchev–Trinajstić information content (AvgIpc) is 2.73. The molecule has 2 N–H and O–H groups in total. The van der Waals surface area contributed by atoms with E-state index in [1.165, 1.54) is 0 Å². The van der Waals surface area contributed by atoms with Crippen molar-refractivity contribution in [1.29, 1.82) is 0 Å². The molecule has 0 aliphatic rings. The van der Waals surface area contributed by atoms with Crippen molar-refractivity contribution in [1.82, 2.24) is 15.0 Å². The predicted molar refractivity (Wildman–Crippen MR) is 116 cm³/mol. The fourth-order valence-electron chi connectivity index (χ4n) is 3.22. The number of hydrogen-bond acceptors (Lipinski definition) is 5. The molecule has 0 aliphatic heterocycles. The van der Waals surface area contributed by atoms with Gasteiger partial charge < -0.3 is 15.0 Å². The van der Waals surface area contributed by atoms with Gasteiger partial charge in [0.25, 0.3) is 5.56 Å². The summed E-state index contributed by atoms with van der Waals surface area (Å²) >= 11 is 6.08. The van der Waals surface area contributed by atoms with E-state index in [1.54, 1.807) is 25.4 Å². The van der Waals surface area contributed by atoms with Gasteiger partial charge in [0.2, 0.25) is 5.95 Å². The number of aromatic amines is 1. The molecule has 2 aromatic heterocycles. The number of aromatic nitrogens is 3. The van der Waals surface area contributed by atoms with Crippen LogP contribution in [0, 0.1) is 0 Å². The Morgan fingerprint density at radius 3 is 2.79 bits per heavy atom. The van der Waals surface area contributed by atoms with Gasteiger partial charge in [-0.15, -0.1) is 0 Å². The summed E-state index contributed by atoms with van der Waals surface area (Å²) in [6.07, 6.45) is 1.67. The number of benzene rings is 2. The minimum absolute atomic E-state index is 0.166. The molecule has 4 rings (SSSR count). The van der Waals surface area contributed by atoms with Crippen LogP contribution in [0.1, 0.15) is 18.5 Å². The molecule has 0 bridgehead atoms. The van der Waals surface area contributed by atoms with Crippen LogP contribution in [0.4, 0.5) is 5.95 Å². The highest BCUT2D eigenvalue weighted by atomic mass is 35.5. The Balaban J connectivity index is 1.65. The Kier molecular flexibility index (Phi) is 5.18. The van der Waals surface area contributed by atoms with E-state index in [-0.39, 0.29) is 11.6 Å². The van der Waals surface area contributed by atoms with Gasteiger partial charge in [0.1, 0.15) is 5.75 Å². The van der Waals surface area contributed by atoms with E-state index in [0.29, 0.717) is 16.5 Å². The van der Waals surface area contributed by atoms with Gasteiger partial charge in [-0.3, -0.25) is 4.79 Å². The van der Waals surface area contributed by atoms with Crippen molar-refractivity contribution in [3.05, 3.63) is 81.7 Å². The summed E-state index contributed by atoms with van der Waals surface area (Å²) in [7, 11) is 1.62. The molecule has 0 aliphatic carbocycles. The molecule has 4 aromatic rings. The molecule has 2 aromatic carbocycles. The first-order chi connectivity index (χ1) is 14.0. The van der Waals surface area contributed by atoms with E-state index in [9.17, 15) is 4.79 Å². The zero-order valence-corrected chi connectivity index (χ0v) is 16.7. The van der Waals surface area contributed by atoms with Crippen molar-refractivity contribution in [2.45, 2.75) is 13.0 Å². The quantitative estimate of drug-likeness (QED) is 0.496. The molecular weight excluding hydrogens is 388 g/mol. The minimum Gasteiger partial charge on any atom is -0.496 e. The van der Waals surface area contributed by atoms with Crippen molar-refractivity contribution in [2.75, 3.05) is 12.4 Å². The van der Waals surface area contributed by atoms with Crippen LogP contribution in [-0.4, -0.2) is 22.1 Å². The lowest BCUT2D eigenvalue weighted by atomic mass is 10.1. The van der Waals surface area contributed by atoms with Gasteiger partial charge >= 0.3 is 0 Å². The lowest BCUT2D eigenvalue weighted by molar-refractivity contribution is 0.416. The molecule has 7 heteroatoms. The summed E-state index contributed by atoms with van der Waals surface area (Å²) in [6, 6.07) is 16.4. The first kappa shape index (κ1) is 19.0. The number of nitrogens with zero attached hydrogens (tertiary/aromatic N) is 2. The third-order valence-electron chi connectivity index (χ3n) is 4.69. The molecule has 0 radical (unpaired) electrons. The first-order valence-corrected chi connectivity index (χ1v) is 9.48. The predicted octanol–water partition coefficient (Wildman–Crippen LogP) is 4.82. The Morgan fingerprint density at radius 2 is 1.97 bits per heavy atom. The number of hydrogen-bond donors (Lipinski definition) is 2. The third kappa shape index (κ3) is 3.93. The molecule has 0 amide bonds. The zero-order chi connectivity index (χ0) is 20.4. The fourth-order valence-corrected chi connectivity index (χ4v) is 3.40. The third-order valence-corrected chi connectivity index (χ3v) is 4.92. The molecule has 1 atom stereocenters. The second-order valence-corrected chi connectivity index (χ2v) is 7.05. The van der Waals surface area contributed by atoms with Crippen LogP contribution in [0.15, 0.2) is 65.6 Å². The number of rotatable bonds is 5. The summed E-state index contributed by atoms with van der Waals surface area (Å²) in [5.41, 5.74) is 2.74. The summed E-state index contributed by atoms with van der Waals surface area (Å²) < 4.78 is 5.42. The largest absolute Gasteiger partial charge is 0.496 e. The van der Waals surface area contributed by atoms with Crippen LogP contribution in [0.25, 0.3) is 22.2 Å². The van der Waals surface area contributed by atoms with Crippen molar-refractivity contribution in [3.8, 4) is 17.0 Å². The highest BCUT2D eigenvalue weighted by molar-refractivity contribution is 6.31. The van der Waals surface area contributed by atoms with Crippen molar-refractivity contribution < 1.29 is 4.74 Å². The molecule has 0 fully saturated rings. The number of nitrogens with one attached hydrogen (secondary N) is 2. The SMILES string of the molecule is COc1ccccc1-c1ccnc(NC(C)c2cc3cc(Cl)ccc3[nH]c2=O)n1. The van der Waals surface area contributed by atoms with E-state index in [0.717, 1.165) is 27.9 Å². The van der Waals surface area contributed by atoms with Gasteiger partial charge in [-0.05, 0) is 49.4 Å². The van der Waals surface area contributed by atoms with E-state index in [2.05, 4.69) is 20.3 Å². The second-order valence-electron chi connectivity index (χ2n) is 6.62. The number of ether oxygens (including phenoxy) is 1. The second kappa shape index (κ2) is 7.93. The maximum Gasteiger partial charge on any atom is 0.253 e. The molecule has 1 unspecified atom stereocenters. The number of methoxy groups -OCH3 is 1. The Morgan fingerprint density at radius 1 is 1.14 bits per heavy atom. The number of H-pyrrole nitrogens is 1. The van der Waals surface area contributed by atoms with E-state index >= 15 is 0 Å². The van der Waals surface area contributed by atoms with Crippen LogP contribution < -0.4 is 15.6 Å². The lowest BCUT2D eigenvalue weighted by Gasteiger charge is -2.15. The number of pyridine rings is 1. The van der Waals surface area contributed by atoms with Crippen LogP contribution in [0.2, 0.25) is 5.02 Å². The number of halogens is 1. The molecule has 6 nitrogen and oxygen atoms in total. The van der Waals surface area contributed by atoms with Gasteiger partial charge in [-0.2, -0.15) is 0 Å². The molecule has 0 saturated heterocycles. The maximum atomic E-state index is 12.5. The monoisotopic (exact) mass is 406 g/mol. The smallest absolute Gasteiger partial charge is 0.253 e. The number of anilines is 1. The van der Waals surface area contributed by atoms with Crippen molar-refractivity contribution >= 4 is 28.5 Å². The standard InChI is InChI=1S/C22H19ClN4O2/c1-13(17-12-14-11-15(23)7-8-18(14)26-21(17)28)25-22-24-10-9-19(27-22)16-5-3-4-6-20(16)29-2/h3-13H,1-2H3,(H,26,28)(H,24,25,27). The van der Waals surface area contributed by atoms with Crippen molar-refractivity contribution in [3.63, 3.8) is 0 Å². The molecule has 146 valence electrons. The highest BCUT2D eigenvalue weighted by Gasteiger charge is 2.14. The van der Waals surface area contributed by atoms with Gasteiger partial charge in [-0.1, -0.05) is 23.7 Å². The van der Waals surface area contributed by atoms with E-state index < -0.39 is 0 Å². The average molecular weight is 407 g/mol. The highest BCUT2D eigenvalue weighted by Crippen LogP contribution is 2.28. The van der Waals surface area contributed by atoms with Crippen molar-refractivity contribution in [2.24, 2.45) is 0 Å². The summed E-state index contributed by atoms with van der Waals surface area (Å²) in [5, 5.41) is 4.69. The van der Waals surface area contributed by atoms with Crippen LogP contribution in [0.5, 0.6) is 5.75 Å². The molecular formula is C22H19ClN4O2. The van der Waals surface area contributed by atoms with E-state index in [4.69, 9.17) is 16.3 Å². The van der Waals surface area contributed by atoms with Gasteiger partial charge in [0, 0.05) is 33.2 Å². The van der Waals surface area contributed by atoms with E-state index in [1.807, 2.05) is 49.4 Å².